The lowest BCUT2D eigenvalue weighted by molar-refractivity contribution is 0.214. The monoisotopic (exact) mass is 198 g/mol. The molecule has 0 spiro atoms. The van der Waals surface area contributed by atoms with Crippen molar-refractivity contribution in [3.63, 3.8) is 0 Å². The van der Waals surface area contributed by atoms with Crippen LogP contribution in [-0.4, -0.2) is 27.0 Å². The maximum atomic E-state index is 9.52. The molecule has 0 bridgehead atoms. The molecular formula is C10H14O4. The molecule has 0 aliphatic heterocycles. The zero-order chi connectivity index (χ0) is 10.9. The average Bonchev–Trinajstić information content (AvgIpc) is 2.14. The van der Waals surface area contributed by atoms with E-state index in [2.05, 4.69) is 0 Å². The van der Waals surface area contributed by atoms with Crippen LogP contribution in [0.5, 0.6) is 17.2 Å². The van der Waals surface area contributed by atoms with E-state index in [1.807, 2.05) is 0 Å². The van der Waals surface area contributed by atoms with Crippen molar-refractivity contribution in [3.05, 3.63) is 17.7 Å². The fourth-order valence-electron chi connectivity index (χ4n) is 1.20. The van der Waals surface area contributed by atoms with Gasteiger partial charge in [-0.3, -0.25) is 0 Å². The van der Waals surface area contributed by atoms with Crippen molar-refractivity contribution in [2.45, 2.75) is 19.3 Å². The van der Waals surface area contributed by atoms with Crippen molar-refractivity contribution in [2.75, 3.05) is 6.61 Å². The largest absolute Gasteiger partial charge is 0.504 e. The first-order valence-corrected chi connectivity index (χ1v) is 4.25. The predicted octanol–water partition coefficient (Wildman–Crippen LogP) is 1.07. The third kappa shape index (κ3) is 1.61. The molecule has 0 atom stereocenters. The van der Waals surface area contributed by atoms with Gasteiger partial charge < -0.3 is 20.4 Å². The highest BCUT2D eigenvalue weighted by Crippen LogP contribution is 2.41. The lowest BCUT2D eigenvalue weighted by Gasteiger charge is -2.23. The summed E-state index contributed by atoms with van der Waals surface area (Å²) in [6.45, 7) is 3.28. The number of hydrogen-bond donors (Lipinski definition) is 4. The molecule has 4 nitrogen and oxygen atoms in total. The molecule has 4 heteroatoms. The van der Waals surface area contributed by atoms with E-state index in [1.54, 1.807) is 13.8 Å². The Morgan fingerprint density at radius 3 is 2.14 bits per heavy atom. The second-order valence-electron chi connectivity index (χ2n) is 3.87. The van der Waals surface area contributed by atoms with Crippen LogP contribution >= 0.6 is 0 Å². The maximum absolute atomic E-state index is 9.52. The Morgan fingerprint density at radius 2 is 1.64 bits per heavy atom. The van der Waals surface area contributed by atoms with E-state index in [9.17, 15) is 10.2 Å². The van der Waals surface area contributed by atoms with Gasteiger partial charge >= 0.3 is 0 Å². The highest BCUT2D eigenvalue weighted by Gasteiger charge is 2.25. The first kappa shape index (κ1) is 10.7. The smallest absolute Gasteiger partial charge is 0.200 e. The lowest BCUT2D eigenvalue weighted by Crippen LogP contribution is -2.22. The number of aliphatic hydroxyl groups is 1. The highest BCUT2D eigenvalue weighted by atomic mass is 16.3. The number of phenolic OH excluding ortho intramolecular Hbond substituents is 3. The number of aliphatic hydroxyl groups excluding tert-OH is 1. The van der Waals surface area contributed by atoms with Crippen LogP contribution < -0.4 is 0 Å². The lowest BCUT2D eigenvalue weighted by atomic mass is 9.84. The van der Waals surface area contributed by atoms with Gasteiger partial charge in [0.2, 0.25) is 5.75 Å². The first-order chi connectivity index (χ1) is 6.40. The van der Waals surface area contributed by atoms with Crippen molar-refractivity contribution >= 4 is 0 Å². The zero-order valence-corrected chi connectivity index (χ0v) is 8.15. The Labute approximate surface area is 82.1 Å². The Kier molecular flexibility index (Phi) is 2.57. The first-order valence-electron chi connectivity index (χ1n) is 4.25. The van der Waals surface area contributed by atoms with E-state index in [-0.39, 0.29) is 18.1 Å². The molecule has 0 heterocycles. The Hall–Kier alpha value is -1.42. The summed E-state index contributed by atoms with van der Waals surface area (Å²) < 4.78 is 0. The van der Waals surface area contributed by atoms with Gasteiger partial charge in [-0.2, -0.15) is 0 Å². The van der Waals surface area contributed by atoms with Gasteiger partial charge in [0, 0.05) is 11.0 Å². The molecule has 0 aromatic heterocycles. The molecule has 0 fully saturated rings. The minimum absolute atomic E-state index is 0.162. The Balaban J connectivity index is 3.31. The van der Waals surface area contributed by atoms with Gasteiger partial charge in [-0.1, -0.05) is 19.9 Å². The minimum Gasteiger partial charge on any atom is -0.504 e. The standard InChI is InChI=1S/C10H14O4/c1-10(2,5-11)6-3-4-7(12)9(14)8(6)13/h3-4,11-14H,5H2,1-2H3. The van der Waals surface area contributed by atoms with Crippen molar-refractivity contribution in [1.29, 1.82) is 0 Å². The second-order valence-corrected chi connectivity index (χ2v) is 3.87. The fourth-order valence-corrected chi connectivity index (χ4v) is 1.20. The average molecular weight is 198 g/mol. The molecule has 1 aromatic carbocycles. The van der Waals surface area contributed by atoms with Gasteiger partial charge in [0.25, 0.3) is 0 Å². The van der Waals surface area contributed by atoms with Gasteiger partial charge in [0.1, 0.15) is 0 Å². The molecule has 4 N–H and O–H groups in total. The minimum atomic E-state index is -0.657. The molecule has 1 aromatic rings. The van der Waals surface area contributed by atoms with Crippen LogP contribution in [0.4, 0.5) is 0 Å². The van der Waals surface area contributed by atoms with E-state index in [0.29, 0.717) is 5.56 Å². The molecule has 14 heavy (non-hydrogen) atoms. The fraction of sp³-hybridized carbons (Fsp3) is 0.400. The molecule has 0 radical (unpaired) electrons. The summed E-state index contributed by atoms with van der Waals surface area (Å²) in [4.78, 5) is 0. The predicted molar refractivity (Wildman–Crippen MR) is 51.5 cm³/mol. The summed E-state index contributed by atoms with van der Waals surface area (Å²) in [5.41, 5.74) is -0.259. The second kappa shape index (κ2) is 3.38. The molecule has 0 unspecified atom stereocenters. The van der Waals surface area contributed by atoms with Crippen LogP contribution in [-0.2, 0) is 5.41 Å². The summed E-state index contributed by atoms with van der Waals surface area (Å²) in [7, 11) is 0. The molecular weight excluding hydrogens is 184 g/mol. The Bertz CT molecular complexity index is 344. The van der Waals surface area contributed by atoms with E-state index < -0.39 is 11.2 Å². The maximum Gasteiger partial charge on any atom is 0.200 e. The third-order valence-corrected chi connectivity index (χ3v) is 2.25. The van der Waals surface area contributed by atoms with Gasteiger partial charge in [0.05, 0.1) is 6.61 Å². The normalized spacial score (nSPS) is 11.6. The van der Waals surface area contributed by atoms with Gasteiger partial charge in [-0.25, -0.2) is 0 Å². The van der Waals surface area contributed by atoms with Crippen LogP contribution in [0.2, 0.25) is 0 Å². The number of hydrogen-bond acceptors (Lipinski definition) is 4. The number of aromatic hydroxyl groups is 3. The van der Waals surface area contributed by atoms with Crippen LogP contribution in [0.3, 0.4) is 0 Å². The van der Waals surface area contributed by atoms with E-state index >= 15 is 0 Å². The van der Waals surface area contributed by atoms with Crippen molar-refractivity contribution < 1.29 is 20.4 Å². The van der Waals surface area contributed by atoms with Crippen molar-refractivity contribution in [1.82, 2.24) is 0 Å². The third-order valence-electron chi connectivity index (χ3n) is 2.25. The van der Waals surface area contributed by atoms with Gasteiger partial charge in [-0.05, 0) is 6.07 Å². The van der Waals surface area contributed by atoms with Crippen LogP contribution in [0.15, 0.2) is 12.1 Å². The van der Waals surface area contributed by atoms with Crippen LogP contribution in [0.25, 0.3) is 0 Å². The van der Waals surface area contributed by atoms with Crippen molar-refractivity contribution in [3.8, 4) is 17.2 Å². The zero-order valence-electron chi connectivity index (χ0n) is 8.15. The molecule has 1 rings (SSSR count). The number of benzene rings is 1. The number of rotatable bonds is 2. The summed E-state index contributed by atoms with van der Waals surface area (Å²) in [5.74, 6) is -1.31. The quantitative estimate of drug-likeness (QED) is 0.536. The van der Waals surface area contributed by atoms with Gasteiger partial charge in [0.15, 0.2) is 11.5 Å². The molecule has 0 saturated heterocycles. The van der Waals surface area contributed by atoms with E-state index in [0.717, 1.165) is 0 Å². The van der Waals surface area contributed by atoms with E-state index in [1.165, 1.54) is 12.1 Å². The summed E-state index contributed by atoms with van der Waals surface area (Å²) in [6, 6.07) is 2.75. The molecule has 0 saturated carbocycles. The summed E-state index contributed by atoms with van der Waals surface area (Å²) in [6.07, 6.45) is 0. The Morgan fingerprint density at radius 1 is 1.07 bits per heavy atom. The number of phenols is 3. The SMILES string of the molecule is CC(C)(CO)c1ccc(O)c(O)c1O. The van der Waals surface area contributed by atoms with Crippen LogP contribution in [0.1, 0.15) is 19.4 Å². The molecule has 0 amide bonds. The summed E-state index contributed by atoms with van der Waals surface area (Å²) in [5, 5.41) is 37.0. The molecule has 0 aliphatic carbocycles. The van der Waals surface area contributed by atoms with E-state index in [4.69, 9.17) is 10.2 Å². The van der Waals surface area contributed by atoms with Crippen LogP contribution in [0, 0.1) is 0 Å². The highest BCUT2D eigenvalue weighted by molar-refractivity contribution is 5.55. The van der Waals surface area contributed by atoms with Crippen molar-refractivity contribution in [2.24, 2.45) is 0 Å². The molecule has 78 valence electrons. The summed E-state index contributed by atoms with van der Waals surface area (Å²) >= 11 is 0. The molecule has 0 aliphatic rings. The van der Waals surface area contributed by atoms with Gasteiger partial charge in [-0.15, -0.1) is 0 Å². The topological polar surface area (TPSA) is 80.9 Å².